The lowest BCUT2D eigenvalue weighted by molar-refractivity contribution is -0.116. The van der Waals surface area contributed by atoms with E-state index in [2.05, 4.69) is 15.2 Å². The number of hydrogen-bond donors (Lipinski definition) is 1. The monoisotopic (exact) mass is 438 g/mol. The van der Waals surface area contributed by atoms with Gasteiger partial charge >= 0.3 is 0 Å². The second kappa shape index (κ2) is 9.40. The molecule has 8 heteroatoms. The van der Waals surface area contributed by atoms with Gasteiger partial charge in [-0.2, -0.15) is 0 Å². The number of rotatable bonds is 6. The second-order valence-electron chi connectivity index (χ2n) is 7.79. The van der Waals surface area contributed by atoms with Crippen molar-refractivity contribution in [1.29, 1.82) is 0 Å². The van der Waals surface area contributed by atoms with Crippen LogP contribution in [0.2, 0.25) is 0 Å². The topological polar surface area (TPSA) is 67.2 Å². The third-order valence-electron chi connectivity index (χ3n) is 5.57. The van der Waals surface area contributed by atoms with Gasteiger partial charge in [0, 0.05) is 32.5 Å². The summed E-state index contributed by atoms with van der Waals surface area (Å²) in [6.07, 6.45) is 1.11. The van der Waals surface area contributed by atoms with Crippen LogP contribution in [0.1, 0.15) is 29.6 Å². The molecule has 0 saturated carbocycles. The summed E-state index contributed by atoms with van der Waals surface area (Å²) in [7, 11) is 0. The summed E-state index contributed by atoms with van der Waals surface area (Å²) in [5.74, 6) is -1.96. The summed E-state index contributed by atoms with van der Waals surface area (Å²) in [5, 5.41) is 2.24. The number of aryl methyl sites for hydroxylation is 1. The van der Waals surface area contributed by atoms with Crippen molar-refractivity contribution < 1.29 is 13.6 Å². The minimum absolute atomic E-state index is 0.284. The summed E-state index contributed by atoms with van der Waals surface area (Å²) in [4.78, 5) is 32.6. The van der Waals surface area contributed by atoms with Crippen molar-refractivity contribution in [2.75, 3.05) is 11.9 Å². The van der Waals surface area contributed by atoms with Crippen molar-refractivity contribution in [2.45, 2.75) is 39.4 Å². The summed E-state index contributed by atoms with van der Waals surface area (Å²) in [6, 6.07) is 13.3. The number of nitrogens with one attached hydrogen (secondary N) is 1. The average molecular weight is 438 g/mol. The molecule has 1 amide bonds. The summed E-state index contributed by atoms with van der Waals surface area (Å²) in [5.41, 5.74) is 1.67. The molecule has 0 bridgehead atoms. The Kier molecular flexibility index (Phi) is 6.41. The second-order valence-corrected chi connectivity index (χ2v) is 7.79. The Morgan fingerprint density at radius 1 is 1.09 bits per heavy atom. The number of para-hydroxylation sites is 1. The van der Waals surface area contributed by atoms with Gasteiger partial charge in [0.2, 0.25) is 5.91 Å². The summed E-state index contributed by atoms with van der Waals surface area (Å²) in [6.45, 7) is 3.42. The van der Waals surface area contributed by atoms with Crippen molar-refractivity contribution in [1.82, 2.24) is 14.5 Å². The van der Waals surface area contributed by atoms with E-state index in [1.54, 1.807) is 0 Å². The smallest absolute Gasteiger partial charge is 0.258 e. The molecule has 4 rings (SSSR count). The predicted octanol–water partition coefficient (Wildman–Crippen LogP) is 3.28. The highest BCUT2D eigenvalue weighted by Gasteiger charge is 2.24. The number of halogens is 2. The molecule has 0 spiro atoms. The quantitative estimate of drug-likeness (QED) is 0.642. The normalized spacial score (nSPS) is 13.6. The van der Waals surface area contributed by atoms with E-state index in [4.69, 9.17) is 0 Å². The van der Waals surface area contributed by atoms with Crippen LogP contribution in [-0.2, 0) is 37.3 Å². The number of fused-ring (bicyclic) bond motifs is 1. The molecule has 1 N–H and O–H groups in total. The van der Waals surface area contributed by atoms with Gasteiger partial charge in [0.15, 0.2) is 0 Å². The lowest BCUT2D eigenvalue weighted by Crippen LogP contribution is -2.40. The fraction of sp³-hybridized carbons (Fsp3) is 0.292. The number of carbonyl (C=O) groups excluding carboxylic acids is 1. The first-order chi connectivity index (χ1) is 15.5. The minimum Gasteiger partial charge on any atom is -0.320 e. The Bertz CT molecular complexity index is 1170. The van der Waals surface area contributed by atoms with Crippen LogP contribution in [0, 0.1) is 11.6 Å². The Balaban J connectivity index is 1.57. The molecule has 1 aliphatic heterocycles. The number of benzene rings is 2. The molecule has 0 unspecified atom stereocenters. The number of amides is 1. The van der Waals surface area contributed by atoms with Gasteiger partial charge in [0.05, 0.1) is 11.3 Å². The van der Waals surface area contributed by atoms with Gasteiger partial charge in [-0.05, 0) is 17.7 Å². The van der Waals surface area contributed by atoms with Crippen LogP contribution >= 0.6 is 0 Å². The van der Waals surface area contributed by atoms with E-state index in [0.29, 0.717) is 37.3 Å². The van der Waals surface area contributed by atoms with Crippen LogP contribution < -0.4 is 10.9 Å². The Labute approximate surface area is 184 Å². The maximum Gasteiger partial charge on any atom is 0.258 e. The number of hydrogen-bond acceptors (Lipinski definition) is 4. The molecule has 2 aromatic carbocycles. The molecule has 1 aromatic heterocycles. The van der Waals surface area contributed by atoms with Gasteiger partial charge in [-0.1, -0.05) is 43.3 Å². The maximum absolute atomic E-state index is 13.9. The number of carbonyl (C=O) groups is 1. The zero-order valence-electron chi connectivity index (χ0n) is 17.8. The Morgan fingerprint density at radius 2 is 1.81 bits per heavy atom. The van der Waals surface area contributed by atoms with Crippen molar-refractivity contribution in [3.05, 3.63) is 93.2 Å². The zero-order chi connectivity index (χ0) is 22.7. The van der Waals surface area contributed by atoms with Gasteiger partial charge in [-0.25, -0.2) is 13.8 Å². The maximum atomic E-state index is 13.9. The molecule has 3 aromatic rings. The molecule has 6 nitrogen and oxygen atoms in total. The van der Waals surface area contributed by atoms with Gasteiger partial charge < -0.3 is 5.32 Å². The third-order valence-corrected chi connectivity index (χ3v) is 5.57. The molecule has 0 atom stereocenters. The standard InChI is InChI=1S/C24H24F2N4O2/c1-2-21-27-20-11-12-29(13-16-7-4-3-5-8-16)14-17(20)24(32)30(21)15-22(31)28-23-18(25)9-6-10-19(23)26/h3-10H,2,11-15H2,1H3,(H,28,31). The van der Waals surface area contributed by atoms with E-state index in [9.17, 15) is 18.4 Å². The largest absolute Gasteiger partial charge is 0.320 e. The predicted molar refractivity (Wildman–Crippen MR) is 117 cm³/mol. The molecule has 2 heterocycles. The third kappa shape index (κ3) is 4.60. The van der Waals surface area contributed by atoms with Gasteiger partial charge in [-0.15, -0.1) is 0 Å². The highest BCUT2D eigenvalue weighted by molar-refractivity contribution is 5.90. The molecule has 0 aliphatic carbocycles. The molecule has 0 saturated heterocycles. The fourth-order valence-corrected chi connectivity index (χ4v) is 3.97. The highest BCUT2D eigenvalue weighted by atomic mass is 19.1. The van der Waals surface area contributed by atoms with Gasteiger partial charge in [0.1, 0.15) is 29.7 Å². The van der Waals surface area contributed by atoms with E-state index in [1.165, 1.54) is 10.6 Å². The van der Waals surface area contributed by atoms with Crippen LogP contribution in [0.15, 0.2) is 53.3 Å². The Morgan fingerprint density at radius 3 is 2.50 bits per heavy atom. The van der Waals surface area contributed by atoms with Crippen molar-refractivity contribution in [3.8, 4) is 0 Å². The fourth-order valence-electron chi connectivity index (χ4n) is 3.97. The highest BCUT2D eigenvalue weighted by Crippen LogP contribution is 2.19. The zero-order valence-corrected chi connectivity index (χ0v) is 17.8. The van der Waals surface area contributed by atoms with E-state index < -0.39 is 23.2 Å². The van der Waals surface area contributed by atoms with Gasteiger partial charge in [0.25, 0.3) is 5.56 Å². The van der Waals surface area contributed by atoms with E-state index in [-0.39, 0.29) is 12.1 Å². The summed E-state index contributed by atoms with van der Waals surface area (Å²) >= 11 is 0. The van der Waals surface area contributed by atoms with E-state index >= 15 is 0 Å². The molecule has 32 heavy (non-hydrogen) atoms. The molecule has 1 aliphatic rings. The van der Waals surface area contributed by atoms with Crippen LogP contribution in [0.3, 0.4) is 0 Å². The molecule has 0 radical (unpaired) electrons. The lowest BCUT2D eigenvalue weighted by Gasteiger charge is -2.28. The van der Waals surface area contributed by atoms with Crippen LogP contribution in [-0.4, -0.2) is 26.9 Å². The molecular formula is C24H24F2N4O2. The van der Waals surface area contributed by atoms with Crippen LogP contribution in [0.4, 0.5) is 14.5 Å². The number of anilines is 1. The first-order valence-corrected chi connectivity index (χ1v) is 10.6. The summed E-state index contributed by atoms with van der Waals surface area (Å²) < 4.78 is 29.1. The van der Waals surface area contributed by atoms with E-state index in [1.807, 2.05) is 37.3 Å². The number of nitrogens with zero attached hydrogens (tertiary/aromatic N) is 3. The van der Waals surface area contributed by atoms with Crippen LogP contribution in [0.5, 0.6) is 0 Å². The van der Waals surface area contributed by atoms with Crippen molar-refractivity contribution in [2.24, 2.45) is 0 Å². The first kappa shape index (κ1) is 21.8. The van der Waals surface area contributed by atoms with Gasteiger partial charge in [-0.3, -0.25) is 19.1 Å². The first-order valence-electron chi connectivity index (χ1n) is 10.6. The lowest BCUT2D eigenvalue weighted by atomic mass is 10.1. The Hall–Kier alpha value is -3.39. The minimum atomic E-state index is -0.874. The average Bonchev–Trinajstić information content (AvgIpc) is 2.79. The molecule has 0 fully saturated rings. The van der Waals surface area contributed by atoms with Crippen molar-refractivity contribution >= 4 is 11.6 Å². The number of aromatic nitrogens is 2. The van der Waals surface area contributed by atoms with E-state index in [0.717, 1.165) is 29.9 Å². The molecule has 166 valence electrons. The molecular weight excluding hydrogens is 414 g/mol. The SMILES string of the molecule is CCc1nc2c(c(=O)n1CC(=O)Nc1c(F)cccc1F)CN(Cc1ccccc1)CC2. The van der Waals surface area contributed by atoms with Crippen molar-refractivity contribution in [3.63, 3.8) is 0 Å². The van der Waals surface area contributed by atoms with Crippen LogP contribution in [0.25, 0.3) is 0 Å².